The summed E-state index contributed by atoms with van der Waals surface area (Å²) in [7, 11) is 0. The lowest BCUT2D eigenvalue weighted by Crippen LogP contribution is -2.50. The molecule has 4 rings (SSSR count). The van der Waals surface area contributed by atoms with Gasteiger partial charge in [0.05, 0.1) is 17.2 Å². The largest absolute Gasteiger partial charge is 0.472 e. The van der Waals surface area contributed by atoms with Crippen LogP contribution in [0.15, 0.2) is 41.2 Å². The third-order valence-corrected chi connectivity index (χ3v) is 5.59. The van der Waals surface area contributed by atoms with Gasteiger partial charge in [0.1, 0.15) is 6.26 Å². The molecule has 0 saturated carbocycles. The normalized spacial score (nSPS) is 22.7. The van der Waals surface area contributed by atoms with Gasteiger partial charge in [-0.25, -0.2) is 8.78 Å². The van der Waals surface area contributed by atoms with Crippen LogP contribution >= 0.6 is 0 Å². The van der Waals surface area contributed by atoms with Crippen molar-refractivity contribution in [3.63, 3.8) is 0 Å². The maximum absolute atomic E-state index is 13.5. The third kappa shape index (κ3) is 3.22. The Hall–Kier alpha value is -2.70. The maximum atomic E-state index is 13.5. The lowest BCUT2D eigenvalue weighted by Gasteiger charge is -2.39. The quantitative estimate of drug-likeness (QED) is 0.829. The summed E-state index contributed by atoms with van der Waals surface area (Å²) in [5.41, 5.74) is 0.452. The van der Waals surface area contributed by atoms with Gasteiger partial charge in [-0.3, -0.25) is 9.59 Å². The first kappa shape index (κ1) is 17.7. The van der Waals surface area contributed by atoms with E-state index in [9.17, 15) is 18.4 Å². The van der Waals surface area contributed by atoms with Gasteiger partial charge in [0.2, 0.25) is 5.91 Å². The van der Waals surface area contributed by atoms with Gasteiger partial charge in [-0.15, -0.1) is 0 Å². The number of hydrogen-bond donors (Lipinski definition) is 0. The highest BCUT2D eigenvalue weighted by atomic mass is 19.2. The lowest BCUT2D eigenvalue weighted by molar-refractivity contribution is -0.146. The van der Waals surface area contributed by atoms with Crippen LogP contribution in [0.2, 0.25) is 0 Å². The average molecular weight is 374 g/mol. The van der Waals surface area contributed by atoms with Gasteiger partial charge < -0.3 is 14.2 Å². The van der Waals surface area contributed by atoms with Gasteiger partial charge in [0.25, 0.3) is 5.91 Å². The highest BCUT2D eigenvalue weighted by Gasteiger charge is 2.49. The molecule has 0 unspecified atom stereocenters. The molecule has 142 valence electrons. The molecule has 1 atom stereocenters. The molecule has 1 aromatic heterocycles. The predicted octanol–water partition coefficient (Wildman–Crippen LogP) is 3.21. The molecule has 0 N–H and O–H groups in total. The minimum Gasteiger partial charge on any atom is -0.472 e. The van der Waals surface area contributed by atoms with Gasteiger partial charge in [0, 0.05) is 26.2 Å². The zero-order valence-corrected chi connectivity index (χ0v) is 14.8. The summed E-state index contributed by atoms with van der Waals surface area (Å²) in [4.78, 5) is 29.1. The molecular weight excluding hydrogens is 354 g/mol. The summed E-state index contributed by atoms with van der Waals surface area (Å²) in [6.45, 7) is 1.72. The van der Waals surface area contributed by atoms with Crippen molar-refractivity contribution in [1.82, 2.24) is 9.80 Å². The van der Waals surface area contributed by atoms with E-state index in [0.29, 0.717) is 37.2 Å². The smallest absolute Gasteiger partial charge is 0.257 e. The number of furan rings is 1. The van der Waals surface area contributed by atoms with Crippen LogP contribution in [0.25, 0.3) is 0 Å². The fourth-order valence-corrected chi connectivity index (χ4v) is 4.15. The topological polar surface area (TPSA) is 53.8 Å². The predicted molar refractivity (Wildman–Crippen MR) is 92.7 cm³/mol. The van der Waals surface area contributed by atoms with Gasteiger partial charge in [0.15, 0.2) is 11.6 Å². The molecule has 2 aliphatic rings. The Labute approximate surface area is 155 Å². The lowest BCUT2D eigenvalue weighted by atomic mass is 9.78. The molecule has 1 spiro atoms. The first-order valence-electron chi connectivity index (χ1n) is 9.03. The number of carbonyl (C=O) groups excluding carboxylic acids is 2. The monoisotopic (exact) mass is 374 g/mol. The summed E-state index contributed by atoms with van der Waals surface area (Å²) < 4.78 is 31.6. The molecule has 7 heteroatoms. The Morgan fingerprint density at radius 2 is 2.00 bits per heavy atom. The average Bonchev–Trinajstić information content (AvgIpc) is 3.33. The summed E-state index contributed by atoms with van der Waals surface area (Å²) in [6, 6.07) is 5.32. The van der Waals surface area contributed by atoms with Crippen molar-refractivity contribution in [1.29, 1.82) is 0 Å². The van der Waals surface area contributed by atoms with E-state index in [4.69, 9.17) is 4.42 Å². The molecule has 0 aliphatic carbocycles. The van der Waals surface area contributed by atoms with E-state index in [2.05, 4.69) is 0 Å². The van der Waals surface area contributed by atoms with Crippen molar-refractivity contribution >= 4 is 11.8 Å². The summed E-state index contributed by atoms with van der Waals surface area (Å²) in [5.74, 6) is -1.96. The van der Waals surface area contributed by atoms with Crippen molar-refractivity contribution in [3.8, 4) is 0 Å². The number of rotatable bonds is 3. The number of carbonyl (C=O) groups is 2. The van der Waals surface area contributed by atoms with E-state index < -0.39 is 17.0 Å². The Balaban J connectivity index is 1.48. The van der Waals surface area contributed by atoms with Crippen LogP contribution in [0.3, 0.4) is 0 Å². The summed E-state index contributed by atoms with van der Waals surface area (Å²) in [6.07, 6.45) is 5.03. The Kier molecular flexibility index (Phi) is 4.45. The number of amides is 2. The Bertz CT molecular complexity index is 868. The number of benzene rings is 1. The highest BCUT2D eigenvalue weighted by Crippen LogP contribution is 2.41. The molecule has 5 nitrogen and oxygen atoms in total. The van der Waals surface area contributed by atoms with Crippen molar-refractivity contribution in [2.45, 2.75) is 25.8 Å². The third-order valence-electron chi connectivity index (χ3n) is 5.59. The first-order valence-corrected chi connectivity index (χ1v) is 9.03. The molecular formula is C20H20F2N2O3. The highest BCUT2D eigenvalue weighted by molar-refractivity contribution is 5.95. The van der Waals surface area contributed by atoms with Crippen molar-refractivity contribution in [2.24, 2.45) is 5.41 Å². The standard InChI is InChI=1S/C20H20F2N2O3/c21-16-3-2-14(10-17(16)22)11-23-7-1-5-20(19(23)26)6-8-24(13-20)18(25)15-4-9-27-12-15/h2-4,9-10,12H,1,5-8,11,13H2/t20-/m0/s1. The second-order valence-electron chi connectivity index (χ2n) is 7.35. The Morgan fingerprint density at radius 1 is 1.15 bits per heavy atom. The fraction of sp³-hybridized carbons (Fsp3) is 0.400. The number of nitrogens with zero attached hydrogens (tertiary/aromatic N) is 2. The van der Waals surface area contributed by atoms with Crippen LogP contribution in [0.4, 0.5) is 8.78 Å². The molecule has 2 fully saturated rings. The number of piperidine rings is 1. The Morgan fingerprint density at radius 3 is 2.74 bits per heavy atom. The number of likely N-dealkylation sites (tertiary alicyclic amines) is 2. The molecule has 2 aromatic rings. The van der Waals surface area contributed by atoms with Crippen LogP contribution in [-0.2, 0) is 11.3 Å². The molecule has 27 heavy (non-hydrogen) atoms. The zero-order chi connectivity index (χ0) is 19.0. The zero-order valence-electron chi connectivity index (χ0n) is 14.8. The van der Waals surface area contributed by atoms with E-state index in [-0.39, 0.29) is 18.4 Å². The van der Waals surface area contributed by atoms with Crippen LogP contribution in [0, 0.1) is 17.0 Å². The number of halogens is 2. The molecule has 1 aromatic carbocycles. The fourth-order valence-electron chi connectivity index (χ4n) is 4.15. The number of hydrogen-bond acceptors (Lipinski definition) is 3. The van der Waals surface area contributed by atoms with E-state index in [1.54, 1.807) is 15.9 Å². The molecule has 3 heterocycles. The second-order valence-corrected chi connectivity index (χ2v) is 7.35. The molecule has 0 radical (unpaired) electrons. The van der Waals surface area contributed by atoms with Gasteiger partial charge in [-0.1, -0.05) is 6.07 Å². The van der Waals surface area contributed by atoms with E-state index in [1.165, 1.54) is 18.6 Å². The van der Waals surface area contributed by atoms with Crippen LogP contribution in [0.5, 0.6) is 0 Å². The summed E-state index contributed by atoms with van der Waals surface area (Å²) in [5, 5.41) is 0. The SMILES string of the molecule is O=C(c1ccoc1)N1CC[C@@]2(CCCN(Cc3ccc(F)c(F)c3)C2=O)C1. The van der Waals surface area contributed by atoms with E-state index in [0.717, 1.165) is 25.0 Å². The van der Waals surface area contributed by atoms with Gasteiger partial charge >= 0.3 is 0 Å². The van der Waals surface area contributed by atoms with Crippen LogP contribution < -0.4 is 0 Å². The van der Waals surface area contributed by atoms with Crippen molar-refractivity contribution < 1.29 is 22.8 Å². The first-order chi connectivity index (χ1) is 13.0. The van der Waals surface area contributed by atoms with Gasteiger partial charge in [-0.2, -0.15) is 0 Å². The van der Waals surface area contributed by atoms with E-state index in [1.807, 2.05) is 0 Å². The van der Waals surface area contributed by atoms with Gasteiger partial charge in [-0.05, 0) is 43.0 Å². The van der Waals surface area contributed by atoms with Crippen LogP contribution in [-0.4, -0.2) is 41.2 Å². The summed E-state index contributed by atoms with van der Waals surface area (Å²) >= 11 is 0. The minimum absolute atomic E-state index is 0.0130. The molecule has 2 aliphatic heterocycles. The maximum Gasteiger partial charge on any atom is 0.257 e. The minimum atomic E-state index is -0.913. The molecule has 0 bridgehead atoms. The second kappa shape index (κ2) is 6.79. The molecule has 2 amide bonds. The van der Waals surface area contributed by atoms with Crippen molar-refractivity contribution in [2.75, 3.05) is 19.6 Å². The van der Waals surface area contributed by atoms with Crippen molar-refractivity contribution in [3.05, 3.63) is 59.6 Å². The van der Waals surface area contributed by atoms with E-state index >= 15 is 0 Å². The molecule has 2 saturated heterocycles. The van der Waals surface area contributed by atoms with Crippen LogP contribution in [0.1, 0.15) is 35.2 Å².